The summed E-state index contributed by atoms with van der Waals surface area (Å²) in [5.74, 6) is 1.30. The van der Waals surface area contributed by atoms with Crippen LogP contribution in [0.3, 0.4) is 0 Å². The van der Waals surface area contributed by atoms with Gasteiger partial charge in [-0.1, -0.05) is 20.8 Å². The molecule has 0 N–H and O–H groups in total. The number of ether oxygens (including phenoxy) is 1. The van der Waals surface area contributed by atoms with Crippen molar-refractivity contribution < 1.29 is 49.6 Å². The van der Waals surface area contributed by atoms with Crippen molar-refractivity contribution in [3.05, 3.63) is 6.42 Å². The van der Waals surface area contributed by atoms with E-state index in [1.54, 1.807) is 0 Å². The number of carbonyl (C=O) groups excluding carboxylic acids is 1. The second kappa shape index (κ2) is 6.30. The van der Waals surface area contributed by atoms with Crippen LogP contribution in [0.2, 0.25) is 0 Å². The number of hydrogen-bond acceptors (Lipinski definition) is 2. The van der Waals surface area contributed by atoms with Gasteiger partial charge in [0, 0.05) is 12.3 Å². The second-order valence-corrected chi connectivity index (χ2v) is 8.04. The Morgan fingerprint density at radius 2 is 1.76 bits per heavy atom. The van der Waals surface area contributed by atoms with Gasteiger partial charge in [-0.15, -0.1) is 0 Å². The first-order valence-corrected chi connectivity index (χ1v) is 7.84. The maximum atomic E-state index is 11.7. The smallest absolute Gasteiger partial charge is 1.00 e. The number of carbonyl (C=O) groups is 1. The molecule has 0 unspecified atom stereocenters. The average molecular weight is 499 g/mol. The normalized spacial score (nSPS) is 44.3. The van der Waals surface area contributed by atoms with Gasteiger partial charge in [0.15, 0.2) is 0 Å². The quantitative estimate of drug-likeness (QED) is 0.369. The predicted molar refractivity (Wildman–Crippen MR) is 75.4 cm³/mol. The maximum absolute atomic E-state index is 11.7. The monoisotopic (exact) mass is 500 g/mol. The zero-order chi connectivity index (χ0) is 13.9. The molecule has 4 heteroatoms. The Bertz CT molecular complexity index is 412. The van der Waals surface area contributed by atoms with Crippen LogP contribution in [0, 0.1) is 29.1 Å². The summed E-state index contributed by atoms with van der Waals surface area (Å²) < 4.78 is 5.81. The summed E-state index contributed by atoms with van der Waals surface area (Å²) >= 11 is 0. The van der Waals surface area contributed by atoms with Crippen molar-refractivity contribution in [3.63, 3.8) is 0 Å². The van der Waals surface area contributed by atoms with Crippen molar-refractivity contribution in [1.29, 1.82) is 0 Å². The van der Waals surface area contributed by atoms with Crippen LogP contribution in [0.5, 0.6) is 0 Å². The van der Waals surface area contributed by atoms with Gasteiger partial charge in [0.05, 0.1) is 0 Å². The topological polar surface area (TPSA) is 26.3 Å². The molecule has 4 atom stereocenters. The van der Waals surface area contributed by atoms with Gasteiger partial charge >= 0.3 is 33.6 Å². The molecular weight excluding hydrogens is 472 g/mol. The number of rotatable bonds is 0. The summed E-state index contributed by atoms with van der Waals surface area (Å²) in [4.78, 5) is 11.7. The van der Waals surface area contributed by atoms with Gasteiger partial charge in [-0.2, -0.15) is 0 Å². The molecule has 0 spiro atoms. The Morgan fingerprint density at radius 3 is 2.43 bits per heavy atom. The van der Waals surface area contributed by atoms with Gasteiger partial charge < -0.3 is 17.1 Å². The molecule has 2 radical (unpaired) electrons. The molecule has 0 bridgehead atoms. The first kappa shape index (κ1) is 19.7. The fourth-order valence-electron chi connectivity index (χ4n) is 5.67. The zero-order valence-electron chi connectivity index (χ0n) is 13.9. The van der Waals surface area contributed by atoms with Gasteiger partial charge in [0.25, 0.3) is 0 Å². The van der Waals surface area contributed by atoms with E-state index in [0.29, 0.717) is 23.2 Å². The largest absolute Gasteiger partial charge is 1.00 e. The van der Waals surface area contributed by atoms with Gasteiger partial charge in [-0.05, 0) is 62.2 Å². The van der Waals surface area contributed by atoms with E-state index in [4.69, 9.17) is 4.74 Å². The molecule has 0 aromatic rings. The molecule has 2 aliphatic carbocycles. The summed E-state index contributed by atoms with van der Waals surface area (Å²) in [6, 6.07) is 0. The van der Waals surface area contributed by atoms with E-state index in [1.807, 2.05) is 0 Å². The van der Waals surface area contributed by atoms with Crippen molar-refractivity contribution in [2.24, 2.45) is 22.7 Å². The van der Waals surface area contributed by atoms with E-state index in [0.717, 1.165) is 18.8 Å². The Kier molecular flexibility index (Phi) is 5.92. The summed E-state index contributed by atoms with van der Waals surface area (Å²) in [7, 11) is 0. The van der Waals surface area contributed by atoms with E-state index in [2.05, 4.69) is 34.1 Å². The van der Waals surface area contributed by atoms with Crippen LogP contribution in [0.4, 0.5) is 0 Å². The van der Waals surface area contributed by atoms with Gasteiger partial charge in [0.1, 0.15) is 5.60 Å². The van der Waals surface area contributed by atoms with Crippen molar-refractivity contribution in [1.82, 2.24) is 0 Å². The Labute approximate surface area is 156 Å². The van der Waals surface area contributed by atoms with Crippen molar-refractivity contribution in [2.45, 2.75) is 71.8 Å². The number of esters is 1. The number of halogens is 1. The molecule has 0 amide bonds. The third-order valence-electron chi connectivity index (χ3n) is 6.49. The van der Waals surface area contributed by atoms with Crippen LogP contribution >= 0.6 is 0 Å². The van der Waals surface area contributed by atoms with Crippen LogP contribution in [0.25, 0.3) is 0 Å². The minimum absolute atomic E-state index is 0. The summed E-state index contributed by atoms with van der Waals surface area (Å²) in [5.41, 5.74) is 0.468. The van der Waals surface area contributed by atoms with E-state index in [-0.39, 0.29) is 51.6 Å². The van der Waals surface area contributed by atoms with E-state index in [9.17, 15) is 4.79 Å². The number of hydrogen-bond donors (Lipinski definition) is 0. The SMILES string of the molecule is CC1(C)[CH]CC[C@@]2(C)[C@H]1CC[C@@]1(C)OC(=O)CC[C@@H]21.[Cl-].[Hg+]. The molecule has 2 saturated carbocycles. The molecule has 2 nitrogen and oxygen atoms in total. The summed E-state index contributed by atoms with van der Waals surface area (Å²) in [6.45, 7) is 9.44. The third-order valence-corrected chi connectivity index (χ3v) is 6.49. The summed E-state index contributed by atoms with van der Waals surface area (Å²) in [5, 5.41) is 0. The molecular formula is C17H27ClHgO2. The molecule has 3 fully saturated rings. The van der Waals surface area contributed by atoms with Crippen LogP contribution in [0.15, 0.2) is 0 Å². The molecule has 116 valence electrons. The summed E-state index contributed by atoms with van der Waals surface area (Å²) in [6.07, 6.45) is 8.88. The van der Waals surface area contributed by atoms with Crippen LogP contribution in [-0.4, -0.2) is 11.6 Å². The first-order chi connectivity index (χ1) is 8.78. The van der Waals surface area contributed by atoms with Gasteiger partial charge in [-0.3, -0.25) is 4.79 Å². The Balaban J connectivity index is 0.00000110. The van der Waals surface area contributed by atoms with Gasteiger partial charge in [0.2, 0.25) is 0 Å². The van der Waals surface area contributed by atoms with Gasteiger partial charge in [-0.25, -0.2) is 0 Å². The molecule has 21 heavy (non-hydrogen) atoms. The Morgan fingerprint density at radius 1 is 1.10 bits per heavy atom. The first-order valence-electron chi connectivity index (χ1n) is 7.84. The van der Waals surface area contributed by atoms with Crippen molar-refractivity contribution >= 4 is 5.97 Å². The van der Waals surface area contributed by atoms with E-state index < -0.39 is 0 Å². The molecule has 1 saturated heterocycles. The van der Waals surface area contributed by atoms with Crippen LogP contribution in [-0.2, 0) is 37.2 Å². The molecule has 0 aromatic carbocycles. The fourth-order valence-corrected chi connectivity index (χ4v) is 5.67. The third kappa shape index (κ3) is 3.05. The van der Waals surface area contributed by atoms with E-state index >= 15 is 0 Å². The predicted octanol–water partition coefficient (Wildman–Crippen LogP) is 1.14. The van der Waals surface area contributed by atoms with E-state index in [1.165, 1.54) is 19.3 Å². The molecule has 3 aliphatic rings. The zero-order valence-corrected chi connectivity index (χ0v) is 20.1. The standard InChI is InChI=1S/C17H27O2.ClH.Hg/c1-15(2)9-5-10-16(3)12(15)8-11-17(4)13(16)6-7-14(18)19-17;;/h9,12-13H,5-8,10-11H2,1-4H3;1H;/q;;+1/p-1/t12-,13-,16-,17+;;/m0../s1. The van der Waals surface area contributed by atoms with Crippen LogP contribution in [0.1, 0.15) is 66.2 Å². The fraction of sp³-hybridized carbons (Fsp3) is 0.882. The van der Waals surface area contributed by atoms with Crippen molar-refractivity contribution in [2.75, 3.05) is 0 Å². The second-order valence-electron chi connectivity index (χ2n) is 8.04. The Hall–Kier alpha value is 0.695. The van der Waals surface area contributed by atoms with Crippen LogP contribution < -0.4 is 12.4 Å². The van der Waals surface area contributed by atoms with Crippen molar-refractivity contribution in [3.8, 4) is 0 Å². The number of fused-ring (bicyclic) bond motifs is 3. The molecule has 1 aliphatic heterocycles. The average Bonchev–Trinajstić information content (AvgIpc) is 2.25. The minimum Gasteiger partial charge on any atom is -1.00 e. The molecule has 0 aromatic heterocycles. The molecule has 3 rings (SSSR count). The molecule has 1 heterocycles. The minimum atomic E-state index is -0.200. The maximum Gasteiger partial charge on any atom is 1.00 e.